The van der Waals surface area contributed by atoms with E-state index in [1.165, 1.54) is 0 Å². The van der Waals surface area contributed by atoms with Crippen LogP contribution < -0.4 is 15.6 Å². The molecule has 3 heterocycles. The number of aryl methyl sites for hydroxylation is 1. The van der Waals surface area contributed by atoms with Crippen molar-refractivity contribution < 1.29 is 4.74 Å². The molecule has 0 radical (unpaired) electrons. The lowest BCUT2D eigenvalue weighted by Crippen LogP contribution is -2.14. The summed E-state index contributed by atoms with van der Waals surface area (Å²) in [5.41, 5.74) is 2.88. The van der Waals surface area contributed by atoms with Gasteiger partial charge in [0.15, 0.2) is 0 Å². The fourth-order valence-corrected chi connectivity index (χ4v) is 3.08. The van der Waals surface area contributed by atoms with E-state index >= 15 is 0 Å². The number of aromatic nitrogens is 4. The van der Waals surface area contributed by atoms with Gasteiger partial charge in [0.1, 0.15) is 22.9 Å². The highest BCUT2D eigenvalue weighted by Crippen LogP contribution is 2.23. The minimum atomic E-state index is -0.124. The van der Waals surface area contributed by atoms with Gasteiger partial charge in [-0.3, -0.25) is 9.78 Å². The molecule has 0 unspecified atom stereocenters. The molecule has 7 heteroatoms. The normalized spacial score (nSPS) is 10.9. The molecule has 0 saturated carbocycles. The Balaban J connectivity index is 1.30. The van der Waals surface area contributed by atoms with E-state index in [0.29, 0.717) is 18.0 Å². The number of para-hydroxylation sites is 1. The summed E-state index contributed by atoms with van der Waals surface area (Å²) in [6, 6.07) is 13.6. The molecule has 0 aliphatic rings. The van der Waals surface area contributed by atoms with Crippen LogP contribution in [0.5, 0.6) is 5.75 Å². The number of nitrogens with zero attached hydrogens (tertiary/aromatic N) is 3. The number of pyridine rings is 2. The zero-order valence-corrected chi connectivity index (χ0v) is 17.0. The molecule has 4 aromatic rings. The summed E-state index contributed by atoms with van der Waals surface area (Å²) in [7, 11) is 0. The van der Waals surface area contributed by atoms with Crippen LogP contribution in [0.3, 0.4) is 0 Å². The molecule has 0 bridgehead atoms. The molecular weight excluding hydrogens is 378 g/mol. The van der Waals surface area contributed by atoms with E-state index in [4.69, 9.17) is 4.74 Å². The van der Waals surface area contributed by atoms with Crippen molar-refractivity contribution in [1.82, 2.24) is 19.9 Å². The van der Waals surface area contributed by atoms with Gasteiger partial charge in [-0.1, -0.05) is 18.2 Å². The fourth-order valence-electron chi connectivity index (χ4n) is 3.08. The zero-order valence-electron chi connectivity index (χ0n) is 17.0. The monoisotopic (exact) mass is 401 g/mol. The Morgan fingerprint density at radius 3 is 2.73 bits per heavy atom. The number of hydrogen-bond acceptors (Lipinski definition) is 6. The number of H-pyrrole nitrogens is 1. The minimum absolute atomic E-state index is 0.124. The summed E-state index contributed by atoms with van der Waals surface area (Å²) in [4.78, 5) is 28.0. The maximum atomic E-state index is 11.9. The van der Waals surface area contributed by atoms with Crippen LogP contribution in [0.25, 0.3) is 22.3 Å². The summed E-state index contributed by atoms with van der Waals surface area (Å²) in [6.07, 6.45) is 4.29. The topological polar surface area (TPSA) is 92.8 Å². The molecule has 3 aromatic heterocycles. The van der Waals surface area contributed by atoms with Crippen LogP contribution in [0.1, 0.15) is 17.7 Å². The Morgan fingerprint density at radius 2 is 1.93 bits per heavy atom. The smallest absolute Gasteiger partial charge is 0.254 e. The molecule has 2 N–H and O–H groups in total. The first-order chi connectivity index (χ1) is 14.6. The van der Waals surface area contributed by atoms with Gasteiger partial charge in [-0.2, -0.15) is 0 Å². The lowest BCUT2D eigenvalue weighted by molar-refractivity contribution is 0.318. The molecule has 1 aromatic carbocycles. The summed E-state index contributed by atoms with van der Waals surface area (Å²) in [5.74, 6) is 2.08. The lowest BCUT2D eigenvalue weighted by atomic mass is 10.2. The van der Waals surface area contributed by atoms with Gasteiger partial charge in [-0.25, -0.2) is 9.97 Å². The van der Waals surface area contributed by atoms with Gasteiger partial charge in [0.25, 0.3) is 5.56 Å². The van der Waals surface area contributed by atoms with Crippen molar-refractivity contribution in [2.75, 3.05) is 18.5 Å². The fraction of sp³-hybridized carbons (Fsp3) is 0.217. The Morgan fingerprint density at radius 1 is 1.07 bits per heavy atom. The summed E-state index contributed by atoms with van der Waals surface area (Å²) in [5, 5.41) is 4.35. The number of rotatable bonds is 7. The summed E-state index contributed by atoms with van der Waals surface area (Å²) < 4.78 is 5.90. The van der Waals surface area contributed by atoms with Gasteiger partial charge in [-0.15, -0.1) is 0 Å². The molecule has 0 spiro atoms. The molecule has 0 aliphatic heterocycles. The zero-order chi connectivity index (χ0) is 20.9. The molecule has 0 atom stereocenters. The van der Waals surface area contributed by atoms with Crippen LogP contribution in [-0.4, -0.2) is 33.1 Å². The largest absolute Gasteiger partial charge is 0.491 e. The predicted molar refractivity (Wildman–Crippen MR) is 118 cm³/mol. The first-order valence-electron chi connectivity index (χ1n) is 9.86. The van der Waals surface area contributed by atoms with Gasteiger partial charge in [0.2, 0.25) is 0 Å². The van der Waals surface area contributed by atoms with Crippen molar-refractivity contribution in [2.45, 2.75) is 20.3 Å². The molecule has 152 valence electrons. The van der Waals surface area contributed by atoms with Gasteiger partial charge < -0.3 is 15.0 Å². The van der Waals surface area contributed by atoms with Crippen molar-refractivity contribution in [3.63, 3.8) is 0 Å². The highest BCUT2D eigenvalue weighted by Gasteiger charge is 2.07. The van der Waals surface area contributed by atoms with E-state index in [1.54, 1.807) is 19.3 Å². The molecule has 30 heavy (non-hydrogen) atoms. The number of fused-ring (bicyclic) bond motifs is 1. The highest BCUT2D eigenvalue weighted by atomic mass is 16.5. The molecule has 7 nitrogen and oxygen atoms in total. The quantitative estimate of drug-likeness (QED) is 0.457. The van der Waals surface area contributed by atoms with E-state index in [-0.39, 0.29) is 5.56 Å². The van der Waals surface area contributed by atoms with Gasteiger partial charge in [-0.05, 0) is 44.5 Å². The summed E-state index contributed by atoms with van der Waals surface area (Å²) >= 11 is 0. The number of anilines is 1. The molecule has 0 amide bonds. The number of nitrogens with one attached hydrogen (secondary N) is 2. The van der Waals surface area contributed by atoms with Crippen molar-refractivity contribution in [3.05, 3.63) is 76.5 Å². The van der Waals surface area contributed by atoms with E-state index in [9.17, 15) is 4.79 Å². The van der Waals surface area contributed by atoms with Crippen molar-refractivity contribution in [3.8, 4) is 17.1 Å². The first-order valence-corrected chi connectivity index (χ1v) is 9.86. The van der Waals surface area contributed by atoms with Crippen molar-refractivity contribution in [1.29, 1.82) is 0 Å². The lowest BCUT2D eigenvalue weighted by Gasteiger charge is -2.10. The highest BCUT2D eigenvalue weighted by molar-refractivity contribution is 5.84. The minimum Gasteiger partial charge on any atom is -0.491 e. The van der Waals surface area contributed by atoms with E-state index in [1.807, 2.05) is 49.4 Å². The van der Waals surface area contributed by atoms with E-state index in [2.05, 4.69) is 25.3 Å². The van der Waals surface area contributed by atoms with Crippen LogP contribution >= 0.6 is 0 Å². The third-order valence-corrected chi connectivity index (χ3v) is 4.91. The predicted octanol–water partition coefficient (Wildman–Crippen LogP) is 3.88. The van der Waals surface area contributed by atoms with Crippen LogP contribution in [0, 0.1) is 13.8 Å². The molecular formula is C23H23N5O2. The third kappa shape index (κ3) is 4.30. The van der Waals surface area contributed by atoms with Crippen molar-refractivity contribution >= 4 is 16.7 Å². The van der Waals surface area contributed by atoms with E-state index < -0.39 is 0 Å². The van der Waals surface area contributed by atoms with E-state index in [0.717, 1.165) is 46.7 Å². The van der Waals surface area contributed by atoms with Crippen LogP contribution in [0.15, 0.2) is 59.7 Å². The second kappa shape index (κ2) is 8.73. The van der Waals surface area contributed by atoms with Gasteiger partial charge >= 0.3 is 0 Å². The van der Waals surface area contributed by atoms with Gasteiger partial charge in [0, 0.05) is 41.1 Å². The molecule has 0 aliphatic carbocycles. The number of hydrogen-bond donors (Lipinski definition) is 2. The maximum Gasteiger partial charge on any atom is 0.254 e. The second-order valence-electron chi connectivity index (χ2n) is 7.02. The average molecular weight is 401 g/mol. The second-order valence-corrected chi connectivity index (χ2v) is 7.02. The summed E-state index contributed by atoms with van der Waals surface area (Å²) in [6.45, 7) is 4.89. The Labute approximate surface area is 174 Å². The number of aromatic amines is 1. The van der Waals surface area contributed by atoms with Gasteiger partial charge in [0.05, 0.1) is 6.61 Å². The number of ether oxygens (including phenoxy) is 1. The van der Waals surface area contributed by atoms with Crippen molar-refractivity contribution in [2.24, 2.45) is 0 Å². The van der Waals surface area contributed by atoms with Crippen LogP contribution in [-0.2, 0) is 0 Å². The standard InChI is InChI=1S/C23H23N5O2/c1-15-16(2)27-22(28-23(15)29)18-9-10-20(26-14-18)24-12-5-13-30-19-8-3-6-17-7-4-11-25-21(17)19/h3-4,6-11,14H,5,12-13H2,1-2H3,(H,24,26)(H,27,28,29). The van der Waals surface area contributed by atoms with Crippen LogP contribution in [0.4, 0.5) is 5.82 Å². The molecule has 4 rings (SSSR count). The average Bonchev–Trinajstić information content (AvgIpc) is 2.77. The third-order valence-electron chi connectivity index (χ3n) is 4.91. The first kappa shape index (κ1) is 19.6. The Bertz CT molecular complexity index is 1210. The Hall–Kier alpha value is -3.74. The molecule has 0 saturated heterocycles. The Kier molecular flexibility index (Phi) is 5.70. The number of benzene rings is 1. The SMILES string of the molecule is Cc1nc(-c2ccc(NCCCOc3cccc4cccnc34)nc2)[nH]c(=O)c1C. The molecule has 0 fully saturated rings. The maximum absolute atomic E-state index is 11.9. The van der Waals surface area contributed by atoms with Crippen LogP contribution in [0.2, 0.25) is 0 Å².